The predicted molar refractivity (Wildman–Crippen MR) is 77.8 cm³/mol. The van der Waals surface area contributed by atoms with Crippen molar-refractivity contribution in [1.82, 2.24) is 15.6 Å². The van der Waals surface area contributed by atoms with Crippen LogP contribution in [0.3, 0.4) is 0 Å². The second-order valence-electron chi connectivity index (χ2n) is 4.80. The van der Waals surface area contributed by atoms with Gasteiger partial charge < -0.3 is 10.6 Å². The molecule has 2 N–H and O–H groups in total. The van der Waals surface area contributed by atoms with E-state index in [-0.39, 0.29) is 12.1 Å². The second kappa shape index (κ2) is 6.47. The fourth-order valence-electron chi connectivity index (χ4n) is 1.83. The van der Waals surface area contributed by atoms with E-state index in [1.165, 1.54) is 0 Å². The lowest BCUT2D eigenvalue weighted by Gasteiger charge is -2.16. The Hall–Kier alpha value is -0.950. The Balaban J connectivity index is 1.87. The molecule has 0 spiro atoms. The number of rotatable bonds is 6. The molecule has 7 heteroatoms. The van der Waals surface area contributed by atoms with Crippen LogP contribution in [0.4, 0.5) is 4.79 Å². The molecule has 0 saturated heterocycles. The summed E-state index contributed by atoms with van der Waals surface area (Å²) in [5, 5.41) is 6.70. The number of amides is 2. The Morgan fingerprint density at radius 2 is 2.37 bits per heavy atom. The van der Waals surface area contributed by atoms with Crippen LogP contribution in [0.2, 0.25) is 0 Å². The number of hydrogen-bond acceptors (Lipinski definition) is 4. The molecule has 2 rings (SSSR count). The third kappa shape index (κ3) is 4.58. The molecule has 0 aromatic carbocycles. The number of nitrogens with one attached hydrogen (secondary N) is 2. The van der Waals surface area contributed by atoms with Crippen molar-refractivity contribution >= 4 is 28.2 Å². The summed E-state index contributed by atoms with van der Waals surface area (Å²) in [7, 11) is -0.877. The Kier molecular flexibility index (Phi) is 4.93. The van der Waals surface area contributed by atoms with Gasteiger partial charge in [-0.3, -0.25) is 4.21 Å². The summed E-state index contributed by atoms with van der Waals surface area (Å²) in [4.78, 5) is 17.3. The molecule has 2 atom stereocenters. The van der Waals surface area contributed by atoms with Crippen LogP contribution < -0.4 is 10.6 Å². The fraction of sp³-hybridized carbons (Fsp3) is 0.667. The Labute approximate surface area is 119 Å². The van der Waals surface area contributed by atoms with Gasteiger partial charge in [-0.1, -0.05) is 0 Å². The molecule has 0 unspecified atom stereocenters. The highest BCUT2D eigenvalue weighted by atomic mass is 32.2. The molecular formula is C12H19N3O2S2. The summed E-state index contributed by atoms with van der Waals surface area (Å²) in [6.45, 7) is 2.45. The molecule has 1 aliphatic carbocycles. The van der Waals surface area contributed by atoms with Gasteiger partial charge in [0.2, 0.25) is 0 Å². The van der Waals surface area contributed by atoms with E-state index in [1.807, 2.05) is 13.1 Å². The van der Waals surface area contributed by atoms with Gasteiger partial charge in [-0.05, 0) is 25.7 Å². The number of aromatic nitrogens is 1. The molecule has 1 saturated carbocycles. The predicted octanol–water partition coefficient (Wildman–Crippen LogP) is 1.58. The first-order chi connectivity index (χ1) is 9.06. The molecule has 106 valence electrons. The summed E-state index contributed by atoms with van der Waals surface area (Å²) in [6, 6.07) is -0.180. The first-order valence-corrected chi connectivity index (χ1v) is 8.87. The molecule has 2 amide bonds. The number of carbonyl (C=O) groups excluding carboxylic acids is 1. The van der Waals surface area contributed by atoms with E-state index < -0.39 is 10.8 Å². The van der Waals surface area contributed by atoms with Crippen LogP contribution in [0.5, 0.6) is 0 Å². The highest BCUT2D eigenvalue weighted by Crippen LogP contribution is 2.41. The van der Waals surface area contributed by atoms with Crippen molar-refractivity contribution in [1.29, 1.82) is 0 Å². The van der Waals surface area contributed by atoms with Gasteiger partial charge in [0.05, 0.1) is 6.04 Å². The zero-order chi connectivity index (χ0) is 13.8. The maximum absolute atomic E-state index is 11.8. The first kappa shape index (κ1) is 14.5. The van der Waals surface area contributed by atoms with E-state index >= 15 is 0 Å². The van der Waals surface area contributed by atoms with Crippen LogP contribution in [0, 0.1) is 12.8 Å². The molecule has 5 nitrogen and oxygen atoms in total. The minimum absolute atomic E-state index is 0.0193. The van der Waals surface area contributed by atoms with Crippen LogP contribution in [0.1, 0.15) is 28.8 Å². The van der Waals surface area contributed by atoms with Gasteiger partial charge >= 0.3 is 6.03 Å². The smallest absolute Gasteiger partial charge is 0.315 e. The van der Waals surface area contributed by atoms with Gasteiger partial charge in [-0.2, -0.15) is 0 Å². The van der Waals surface area contributed by atoms with Crippen molar-refractivity contribution in [2.75, 3.05) is 18.6 Å². The van der Waals surface area contributed by atoms with Crippen LogP contribution >= 0.6 is 11.3 Å². The third-order valence-corrected chi connectivity index (χ3v) is 4.74. The molecule has 1 aromatic rings. The molecule has 1 aliphatic rings. The van der Waals surface area contributed by atoms with E-state index in [4.69, 9.17) is 0 Å². The largest absolute Gasteiger partial charge is 0.337 e. The summed E-state index contributed by atoms with van der Waals surface area (Å²) < 4.78 is 10.9. The van der Waals surface area contributed by atoms with Crippen molar-refractivity contribution in [3.8, 4) is 0 Å². The van der Waals surface area contributed by atoms with E-state index in [2.05, 4.69) is 15.6 Å². The number of thiazole rings is 1. The monoisotopic (exact) mass is 301 g/mol. The molecule has 1 aromatic heterocycles. The first-order valence-electron chi connectivity index (χ1n) is 6.33. The third-order valence-electron chi connectivity index (χ3n) is 2.96. The van der Waals surface area contributed by atoms with Crippen LogP contribution in [0.25, 0.3) is 0 Å². The van der Waals surface area contributed by atoms with E-state index in [1.54, 1.807) is 17.6 Å². The average Bonchev–Trinajstić information content (AvgIpc) is 3.08. The van der Waals surface area contributed by atoms with Crippen LogP contribution in [-0.2, 0) is 10.8 Å². The fourth-order valence-corrected chi connectivity index (χ4v) is 3.14. The number of urea groups is 1. The number of aryl methyl sites for hydroxylation is 1. The number of nitrogens with zero attached hydrogens (tertiary/aromatic N) is 1. The minimum atomic E-state index is -0.877. The Morgan fingerprint density at radius 3 is 2.89 bits per heavy atom. The lowest BCUT2D eigenvalue weighted by molar-refractivity contribution is 0.236. The maximum Gasteiger partial charge on any atom is 0.315 e. The highest BCUT2D eigenvalue weighted by Gasteiger charge is 2.35. The van der Waals surface area contributed by atoms with Gasteiger partial charge in [0.1, 0.15) is 5.01 Å². The Bertz CT molecular complexity index is 471. The standard InChI is InChI=1S/C12H19N3O2S2/c1-8-7-14-11(18-8)10(9-3-4-9)15-12(16)13-5-6-19(2)17/h7,9-10H,3-6H2,1-2H3,(H2,13,15,16)/t10-,19-/m1/s1. The van der Waals surface area contributed by atoms with Crippen molar-refractivity contribution in [2.45, 2.75) is 25.8 Å². The SMILES string of the molecule is Cc1cnc([C@H](NC(=O)NCC[S@@](C)=O)C2CC2)s1. The van der Waals surface area contributed by atoms with Crippen LogP contribution in [0.15, 0.2) is 6.20 Å². The van der Waals surface area contributed by atoms with Gasteiger partial charge in [-0.15, -0.1) is 11.3 Å². The van der Waals surface area contributed by atoms with Gasteiger partial charge in [0.15, 0.2) is 0 Å². The van der Waals surface area contributed by atoms with Crippen LogP contribution in [-0.4, -0.2) is 33.8 Å². The quantitative estimate of drug-likeness (QED) is 0.838. The molecule has 0 radical (unpaired) electrons. The lowest BCUT2D eigenvalue weighted by Crippen LogP contribution is -2.40. The van der Waals surface area contributed by atoms with Gasteiger partial charge in [0, 0.05) is 40.4 Å². The number of hydrogen-bond donors (Lipinski definition) is 2. The number of carbonyl (C=O) groups is 1. The summed E-state index contributed by atoms with van der Waals surface area (Å²) in [5.41, 5.74) is 0. The van der Waals surface area contributed by atoms with Crippen molar-refractivity contribution in [3.05, 3.63) is 16.1 Å². The minimum Gasteiger partial charge on any atom is -0.337 e. The summed E-state index contributed by atoms with van der Waals surface area (Å²) in [5.74, 6) is 0.995. The normalized spacial score (nSPS) is 17.8. The van der Waals surface area contributed by atoms with Gasteiger partial charge in [-0.25, -0.2) is 9.78 Å². The average molecular weight is 301 g/mol. The van der Waals surface area contributed by atoms with E-state index in [0.29, 0.717) is 18.2 Å². The molecule has 19 heavy (non-hydrogen) atoms. The van der Waals surface area contributed by atoms with Gasteiger partial charge in [0.25, 0.3) is 0 Å². The van der Waals surface area contributed by atoms with Crippen molar-refractivity contribution < 1.29 is 9.00 Å². The summed E-state index contributed by atoms with van der Waals surface area (Å²) in [6.07, 6.45) is 5.76. The highest BCUT2D eigenvalue weighted by molar-refractivity contribution is 7.84. The lowest BCUT2D eigenvalue weighted by atomic mass is 10.2. The maximum atomic E-state index is 11.8. The van der Waals surface area contributed by atoms with Crippen molar-refractivity contribution in [2.24, 2.45) is 5.92 Å². The van der Waals surface area contributed by atoms with E-state index in [9.17, 15) is 9.00 Å². The van der Waals surface area contributed by atoms with E-state index in [0.717, 1.165) is 22.7 Å². The Morgan fingerprint density at radius 1 is 1.63 bits per heavy atom. The topological polar surface area (TPSA) is 71.1 Å². The molecular weight excluding hydrogens is 282 g/mol. The van der Waals surface area contributed by atoms with Crippen molar-refractivity contribution in [3.63, 3.8) is 0 Å². The molecule has 1 heterocycles. The summed E-state index contributed by atoms with van der Waals surface area (Å²) >= 11 is 1.63. The second-order valence-corrected chi connectivity index (χ2v) is 7.62. The molecule has 0 bridgehead atoms. The molecule has 0 aliphatic heterocycles. The zero-order valence-corrected chi connectivity index (χ0v) is 12.8. The molecule has 1 fully saturated rings. The zero-order valence-electron chi connectivity index (χ0n) is 11.1.